The highest BCUT2D eigenvalue weighted by atomic mass is 19.1. The molecule has 1 saturated heterocycles. The number of pyridine rings is 1. The van der Waals surface area contributed by atoms with Gasteiger partial charge in [0, 0.05) is 24.7 Å². The van der Waals surface area contributed by atoms with Gasteiger partial charge in [-0.1, -0.05) is 12.1 Å². The van der Waals surface area contributed by atoms with E-state index in [0.29, 0.717) is 29.6 Å². The second-order valence-electron chi connectivity index (χ2n) is 7.82. The summed E-state index contributed by atoms with van der Waals surface area (Å²) in [6.45, 7) is 1.12. The molecule has 1 aliphatic rings. The topological polar surface area (TPSA) is 67.6 Å². The van der Waals surface area contributed by atoms with Gasteiger partial charge in [0.2, 0.25) is 11.8 Å². The summed E-state index contributed by atoms with van der Waals surface area (Å²) in [5, 5.41) is 8.33. The van der Waals surface area contributed by atoms with Crippen LogP contribution in [0.25, 0.3) is 27.5 Å². The van der Waals surface area contributed by atoms with Gasteiger partial charge in [-0.05, 0) is 37.2 Å². The lowest BCUT2D eigenvalue weighted by molar-refractivity contribution is 0.149. The molecule has 1 aromatic carbocycles. The second kappa shape index (κ2) is 7.73. The van der Waals surface area contributed by atoms with Crippen molar-refractivity contribution in [3.8, 4) is 17.0 Å². The molecule has 4 aromatic rings. The van der Waals surface area contributed by atoms with E-state index in [1.165, 1.54) is 17.8 Å². The van der Waals surface area contributed by atoms with Crippen LogP contribution in [0.5, 0.6) is 5.88 Å². The Kier molecular flexibility index (Phi) is 4.90. The normalized spacial score (nSPS) is 19.7. The number of rotatable bonds is 4. The van der Waals surface area contributed by atoms with E-state index in [2.05, 4.69) is 20.4 Å². The molecule has 0 aliphatic carbocycles. The lowest BCUT2D eigenvalue weighted by atomic mass is 10.0. The maximum atomic E-state index is 15.1. The fourth-order valence-corrected chi connectivity index (χ4v) is 4.12. The zero-order valence-electron chi connectivity index (χ0n) is 17.2. The number of benzene rings is 1. The van der Waals surface area contributed by atoms with Gasteiger partial charge in [-0.25, -0.2) is 13.3 Å². The van der Waals surface area contributed by atoms with Crippen LogP contribution in [0.1, 0.15) is 6.42 Å². The van der Waals surface area contributed by atoms with Crippen molar-refractivity contribution in [2.45, 2.75) is 18.6 Å². The molecule has 0 amide bonds. The first-order valence-electron chi connectivity index (χ1n) is 10.1. The van der Waals surface area contributed by atoms with Gasteiger partial charge in [0.25, 0.3) is 0 Å². The summed E-state index contributed by atoms with van der Waals surface area (Å²) in [6.07, 6.45) is 2.58. The van der Waals surface area contributed by atoms with Gasteiger partial charge in [0.05, 0.1) is 30.4 Å². The van der Waals surface area contributed by atoms with Crippen LogP contribution in [0.2, 0.25) is 0 Å². The van der Waals surface area contributed by atoms with Crippen LogP contribution in [-0.4, -0.2) is 63.9 Å². The quantitative estimate of drug-likeness (QED) is 0.541. The number of piperidine rings is 1. The summed E-state index contributed by atoms with van der Waals surface area (Å²) < 4.78 is 36.4. The minimum atomic E-state index is -1.05. The Balaban J connectivity index is 1.57. The van der Waals surface area contributed by atoms with Crippen molar-refractivity contribution in [3.05, 3.63) is 48.5 Å². The Hall–Kier alpha value is -3.33. The van der Waals surface area contributed by atoms with Crippen LogP contribution < -0.4 is 10.1 Å². The van der Waals surface area contributed by atoms with Crippen molar-refractivity contribution in [1.82, 2.24) is 24.5 Å². The summed E-state index contributed by atoms with van der Waals surface area (Å²) in [5.74, 6) is -0.0347. The number of alkyl halides is 1. The Labute approximate surface area is 177 Å². The number of ether oxygens (including phenoxy) is 1. The van der Waals surface area contributed by atoms with E-state index in [9.17, 15) is 4.39 Å². The third-order valence-corrected chi connectivity index (χ3v) is 5.70. The molecule has 4 heterocycles. The number of nitrogens with zero attached hydrogens (tertiary/aromatic N) is 5. The summed E-state index contributed by atoms with van der Waals surface area (Å²) in [6, 6.07) is 8.88. The summed E-state index contributed by atoms with van der Waals surface area (Å²) in [4.78, 5) is 10.7. The van der Waals surface area contributed by atoms with Gasteiger partial charge < -0.3 is 15.0 Å². The average molecular weight is 424 g/mol. The molecule has 160 valence electrons. The monoisotopic (exact) mass is 424 g/mol. The van der Waals surface area contributed by atoms with E-state index in [4.69, 9.17) is 4.74 Å². The molecule has 31 heavy (non-hydrogen) atoms. The second-order valence-corrected chi connectivity index (χ2v) is 7.82. The number of hydrogen-bond donors (Lipinski definition) is 1. The highest BCUT2D eigenvalue weighted by Crippen LogP contribution is 2.35. The van der Waals surface area contributed by atoms with Crippen LogP contribution in [-0.2, 0) is 0 Å². The van der Waals surface area contributed by atoms with E-state index in [0.717, 1.165) is 17.4 Å². The Morgan fingerprint density at radius 2 is 2.13 bits per heavy atom. The number of likely N-dealkylation sites (tertiary alicyclic amines) is 1. The SMILES string of the molecule is COc1nc(N[C@H]2CCN(C)C[C@H]2F)nn2cc(F)c(-c3ccc4ncccc4c3)c12. The van der Waals surface area contributed by atoms with Crippen LogP contribution in [0.15, 0.2) is 42.7 Å². The van der Waals surface area contributed by atoms with E-state index in [-0.39, 0.29) is 11.8 Å². The van der Waals surface area contributed by atoms with E-state index < -0.39 is 18.0 Å². The van der Waals surface area contributed by atoms with Crippen LogP contribution >= 0.6 is 0 Å². The number of methoxy groups -OCH3 is 1. The molecule has 0 saturated carbocycles. The predicted octanol–water partition coefficient (Wildman–Crippen LogP) is 3.55. The van der Waals surface area contributed by atoms with E-state index in [1.807, 2.05) is 42.3 Å². The molecule has 1 N–H and O–H groups in total. The summed E-state index contributed by atoms with van der Waals surface area (Å²) in [5.41, 5.74) is 2.25. The number of aromatic nitrogens is 4. The maximum Gasteiger partial charge on any atom is 0.244 e. The molecule has 5 rings (SSSR count). The minimum Gasteiger partial charge on any atom is -0.479 e. The third kappa shape index (κ3) is 3.54. The van der Waals surface area contributed by atoms with Crippen molar-refractivity contribution < 1.29 is 13.5 Å². The zero-order valence-corrected chi connectivity index (χ0v) is 17.2. The van der Waals surface area contributed by atoms with E-state index >= 15 is 4.39 Å². The van der Waals surface area contributed by atoms with Crippen molar-refractivity contribution in [2.24, 2.45) is 0 Å². The van der Waals surface area contributed by atoms with Crippen molar-refractivity contribution in [2.75, 3.05) is 32.6 Å². The summed E-state index contributed by atoms with van der Waals surface area (Å²) in [7, 11) is 3.36. The number of halogens is 2. The lowest BCUT2D eigenvalue weighted by Crippen LogP contribution is -2.46. The molecule has 9 heteroatoms. The Morgan fingerprint density at radius 1 is 1.26 bits per heavy atom. The molecular weight excluding hydrogens is 402 g/mol. The number of hydrogen-bond acceptors (Lipinski definition) is 6. The minimum absolute atomic E-state index is 0.200. The van der Waals surface area contributed by atoms with Gasteiger partial charge in [0.1, 0.15) is 11.7 Å². The van der Waals surface area contributed by atoms with Crippen LogP contribution in [0.3, 0.4) is 0 Å². The summed E-state index contributed by atoms with van der Waals surface area (Å²) >= 11 is 0. The van der Waals surface area contributed by atoms with Crippen LogP contribution in [0.4, 0.5) is 14.7 Å². The Morgan fingerprint density at radius 3 is 2.94 bits per heavy atom. The highest BCUT2D eigenvalue weighted by molar-refractivity contribution is 5.90. The largest absolute Gasteiger partial charge is 0.479 e. The standard InChI is InChI=1S/C22H22F2N6O/c1-29-9-7-18(15(23)11-29)26-22-27-21(31-2)20-19(16(24)12-30(20)28-22)14-5-6-17-13(10-14)4-3-8-25-17/h3-6,8,10,12,15,18H,7,9,11H2,1-2H3,(H,26,28)/t15-,18+/m1/s1. The first kappa shape index (κ1) is 19.6. The smallest absolute Gasteiger partial charge is 0.244 e. The van der Waals surface area contributed by atoms with Crippen molar-refractivity contribution in [3.63, 3.8) is 0 Å². The van der Waals surface area contributed by atoms with Crippen molar-refractivity contribution in [1.29, 1.82) is 0 Å². The molecule has 1 aliphatic heterocycles. The Bertz CT molecular complexity index is 1260. The molecule has 0 radical (unpaired) electrons. The third-order valence-electron chi connectivity index (χ3n) is 5.70. The van der Waals surface area contributed by atoms with Gasteiger partial charge >= 0.3 is 0 Å². The average Bonchev–Trinajstić information content (AvgIpc) is 3.10. The number of fused-ring (bicyclic) bond motifs is 2. The molecule has 0 bridgehead atoms. The molecule has 3 aromatic heterocycles. The first-order chi connectivity index (χ1) is 15.0. The van der Waals surface area contributed by atoms with Gasteiger partial charge in [-0.2, -0.15) is 4.98 Å². The molecular formula is C22H22F2N6O. The molecule has 1 fully saturated rings. The molecule has 7 nitrogen and oxygen atoms in total. The molecule has 0 spiro atoms. The van der Waals surface area contributed by atoms with Gasteiger partial charge in [-0.3, -0.25) is 4.98 Å². The van der Waals surface area contributed by atoms with Gasteiger partial charge in [-0.15, -0.1) is 5.10 Å². The maximum absolute atomic E-state index is 15.1. The number of anilines is 1. The predicted molar refractivity (Wildman–Crippen MR) is 115 cm³/mol. The van der Waals surface area contributed by atoms with E-state index in [1.54, 1.807) is 6.20 Å². The van der Waals surface area contributed by atoms with Gasteiger partial charge in [0.15, 0.2) is 5.82 Å². The first-order valence-corrected chi connectivity index (χ1v) is 10.1. The number of nitrogens with one attached hydrogen (secondary N) is 1. The lowest BCUT2D eigenvalue weighted by Gasteiger charge is -2.32. The molecule has 2 atom stereocenters. The fourth-order valence-electron chi connectivity index (χ4n) is 4.12. The zero-order chi connectivity index (χ0) is 21.5. The van der Waals surface area contributed by atoms with Crippen molar-refractivity contribution >= 4 is 22.4 Å². The fraction of sp³-hybridized carbons (Fsp3) is 0.318. The highest BCUT2D eigenvalue weighted by Gasteiger charge is 2.29. The van der Waals surface area contributed by atoms with Crippen LogP contribution in [0, 0.1) is 5.82 Å². The molecule has 0 unspecified atom stereocenters.